The molecule has 1 heterocycles. The zero-order chi connectivity index (χ0) is 10.4. The summed E-state index contributed by atoms with van der Waals surface area (Å²) in [6.45, 7) is 9.77. The van der Waals surface area contributed by atoms with E-state index in [1.54, 1.807) is 0 Å². The molecular weight excluding hydrogens is 172 g/mol. The first-order chi connectivity index (χ1) is 6.77. The van der Waals surface area contributed by atoms with Gasteiger partial charge in [0.15, 0.2) is 0 Å². The van der Waals surface area contributed by atoms with Crippen LogP contribution < -0.4 is 5.32 Å². The van der Waals surface area contributed by atoms with Gasteiger partial charge in [-0.05, 0) is 32.9 Å². The maximum absolute atomic E-state index is 4.10. The second-order valence-electron chi connectivity index (χ2n) is 4.28. The Labute approximate surface area is 88.4 Å². The summed E-state index contributed by atoms with van der Waals surface area (Å²) in [5, 5.41) is 3.29. The van der Waals surface area contributed by atoms with Crippen molar-refractivity contribution in [2.45, 2.75) is 38.6 Å². The Morgan fingerprint density at radius 2 is 2.29 bits per heavy atom. The van der Waals surface area contributed by atoms with Gasteiger partial charge in [-0.2, -0.15) is 0 Å². The summed E-state index contributed by atoms with van der Waals surface area (Å²) < 4.78 is 0. The van der Waals surface area contributed by atoms with Crippen LogP contribution >= 0.6 is 0 Å². The normalized spacial score (nSPS) is 23.7. The van der Waals surface area contributed by atoms with Gasteiger partial charge in [0, 0.05) is 19.1 Å². The van der Waals surface area contributed by atoms with E-state index in [-0.39, 0.29) is 0 Å². The number of rotatable bonds is 5. The molecule has 1 rings (SSSR count). The highest BCUT2D eigenvalue weighted by molar-refractivity contribution is 4.98. The lowest BCUT2D eigenvalue weighted by Crippen LogP contribution is -2.45. The van der Waals surface area contributed by atoms with Crippen molar-refractivity contribution in [2.24, 2.45) is 0 Å². The maximum atomic E-state index is 4.10. The number of nitrogens with zero attached hydrogens (tertiary/aromatic N) is 1. The number of hydrogen-bond acceptors (Lipinski definition) is 2. The first kappa shape index (κ1) is 11.7. The van der Waals surface area contributed by atoms with Crippen LogP contribution in [0.25, 0.3) is 0 Å². The van der Waals surface area contributed by atoms with Gasteiger partial charge in [0.05, 0.1) is 0 Å². The van der Waals surface area contributed by atoms with Crippen molar-refractivity contribution in [3.05, 3.63) is 12.2 Å². The Morgan fingerprint density at radius 1 is 1.50 bits per heavy atom. The van der Waals surface area contributed by atoms with Crippen molar-refractivity contribution in [3.8, 4) is 0 Å². The van der Waals surface area contributed by atoms with E-state index in [2.05, 4.69) is 23.7 Å². The highest BCUT2D eigenvalue weighted by Crippen LogP contribution is 2.17. The quantitative estimate of drug-likeness (QED) is 0.677. The second kappa shape index (κ2) is 6.20. The summed E-state index contributed by atoms with van der Waals surface area (Å²) in [4.78, 5) is 2.59. The van der Waals surface area contributed by atoms with Crippen LogP contribution in [0.4, 0.5) is 0 Å². The molecule has 2 heteroatoms. The predicted octanol–water partition coefficient (Wildman–Crippen LogP) is 2.03. The molecule has 1 fully saturated rings. The standard InChI is InChI=1S/C12H24N2/c1-4-11(2)10-14-8-6-5-7-12(14)9-13-3/h12-13H,2,4-10H2,1,3H3. The molecule has 0 aromatic heterocycles. The van der Waals surface area contributed by atoms with Gasteiger partial charge >= 0.3 is 0 Å². The molecular formula is C12H24N2. The van der Waals surface area contributed by atoms with Gasteiger partial charge in [-0.25, -0.2) is 0 Å². The number of hydrogen-bond donors (Lipinski definition) is 1. The van der Waals surface area contributed by atoms with E-state index in [0.717, 1.165) is 25.6 Å². The lowest BCUT2D eigenvalue weighted by atomic mass is 10.0. The molecule has 1 aliphatic heterocycles. The average Bonchev–Trinajstić information content (AvgIpc) is 2.21. The van der Waals surface area contributed by atoms with E-state index < -0.39 is 0 Å². The summed E-state index contributed by atoms with van der Waals surface area (Å²) in [5.41, 5.74) is 1.37. The molecule has 1 aliphatic rings. The molecule has 82 valence electrons. The highest BCUT2D eigenvalue weighted by Gasteiger charge is 2.21. The van der Waals surface area contributed by atoms with Crippen LogP contribution in [0.1, 0.15) is 32.6 Å². The van der Waals surface area contributed by atoms with Crippen LogP contribution in [-0.4, -0.2) is 37.6 Å². The molecule has 1 unspecified atom stereocenters. The van der Waals surface area contributed by atoms with Crippen LogP contribution in [0.15, 0.2) is 12.2 Å². The minimum atomic E-state index is 0.733. The zero-order valence-corrected chi connectivity index (χ0v) is 9.68. The van der Waals surface area contributed by atoms with Crippen molar-refractivity contribution in [3.63, 3.8) is 0 Å². The average molecular weight is 196 g/mol. The van der Waals surface area contributed by atoms with Crippen molar-refractivity contribution < 1.29 is 0 Å². The number of likely N-dealkylation sites (N-methyl/N-ethyl adjacent to an activating group) is 1. The Balaban J connectivity index is 2.41. The van der Waals surface area contributed by atoms with Crippen LogP contribution in [-0.2, 0) is 0 Å². The number of nitrogens with one attached hydrogen (secondary N) is 1. The zero-order valence-electron chi connectivity index (χ0n) is 9.68. The monoisotopic (exact) mass is 196 g/mol. The van der Waals surface area contributed by atoms with E-state index in [4.69, 9.17) is 0 Å². The molecule has 1 atom stereocenters. The lowest BCUT2D eigenvalue weighted by molar-refractivity contribution is 0.159. The third-order valence-corrected chi connectivity index (χ3v) is 3.12. The fourth-order valence-corrected chi connectivity index (χ4v) is 2.13. The van der Waals surface area contributed by atoms with Crippen molar-refractivity contribution in [1.82, 2.24) is 10.2 Å². The maximum Gasteiger partial charge on any atom is 0.0223 e. The molecule has 2 nitrogen and oxygen atoms in total. The predicted molar refractivity (Wildman–Crippen MR) is 62.6 cm³/mol. The largest absolute Gasteiger partial charge is 0.318 e. The smallest absolute Gasteiger partial charge is 0.0223 e. The van der Waals surface area contributed by atoms with Gasteiger partial charge in [-0.1, -0.05) is 25.5 Å². The van der Waals surface area contributed by atoms with E-state index in [0.29, 0.717) is 0 Å². The molecule has 1 saturated heterocycles. The molecule has 1 N–H and O–H groups in total. The van der Waals surface area contributed by atoms with Crippen molar-refractivity contribution in [1.29, 1.82) is 0 Å². The van der Waals surface area contributed by atoms with E-state index >= 15 is 0 Å². The highest BCUT2D eigenvalue weighted by atomic mass is 15.2. The molecule has 0 saturated carbocycles. The first-order valence-electron chi connectivity index (χ1n) is 5.83. The molecule has 0 aromatic rings. The Kier molecular flexibility index (Phi) is 5.20. The van der Waals surface area contributed by atoms with Gasteiger partial charge in [0.25, 0.3) is 0 Å². The molecule has 0 aliphatic carbocycles. The molecule has 0 spiro atoms. The van der Waals surface area contributed by atoms with Crippen molar-refractivity contribution >= 4 is 0 Å². The van der Waals surface area contributed by atoms with E-state index in [9.17, 15) is 0 Å². The molecule has 0 bridgehead atoms. The van der Waals surface area contributed by atoms with Gasteiger partial charge in [0.1, 0.15) is 0 Å². The first-order valence-corrected chi connectivity index (χ1v) is 5.83. The molecule has 14 heavy (non-hydrogen) atoms. The topological polar surface area (TPSA) is 15.3 Å². The van der Waals surface area contributed by atoms with Crippen LogP contribution in [0.5, 0.6) is 0 Å². The van der Waals surface area contributed by atoms with Gasteiger partial charge in [-0.3, -0.25) is 4.90 Å². The second-order valence-corrected chi connectivity index (χ2v) is 4.28. The van der Waals surface area contributed by atoms with E-state index in [1.807, 2.05) is 7.05 Å². The SMILES string of the molecule is C=C(CC)CN1CCCCC1CNC. The number of likely N-dealkylation sites (tertiary alicyclic amines) is 1. The summed E-state index contributed by atoms with van der Waals surface area (Å²) in [7, 11) is 2.04. The minimum Gasteiger partial charge on any atom is -0.318 e. The Morgan fingerprint density at radius 3 is 2.93 bits per heavy atom. The Bertz CT molecular complexity index is 175. The van der Waals surface area contributed by atoms with Gasteiger partial charge in [0.2, 0.25) is 0 Å². The lowest BCUT2D eigenvalue weighted by Gasteiger charge is -2.36. The fraction of sp³-hybridized carbons (Fsp3) is 0.833. The summed E-state index contributed by atoms with van der Waals surface area (Å²) in [6, 6.07) is 0.733. The van der Waals surface area contributed by atoms with Crippen LogP contribution in [0.2, 0.25) is 0 Å². The third-order valence-electron chi connectivity index (χ3n) is 3.12. The molecule has 0 radical (unpaired) electrons. The van der Waals surface area contributed by atoms with E-state index in [1.165, 1.54) is 31.4 Å². The van der Waals surface area contributed by atoms with Gasteiger partial charge < -0.3 is 5.32 Å². The fourth-order valence-electron chi connectivity index (χ4n) is 2.13. The minimum absolute atomic E-state index is 0.733. The molecule has 0 aromatic carbocycles. The van der Waals surface area contributed by atoms with Crippen LogP contribution in [0, 0.1) is 0 Å². The van der Waals surface area contributed by atoms with Gasteiger partial charge in [-0.15, -0.1) is 0 Å². The summed E-state index contributed by atoms with van der Waals surface area (Å²) in [6.07, 6.45) is 5.21. The number of piperidine rings is 1. The van der Waals surface area contributed by atoms with Crippen LogP contribution in [0.3, 0.4) is 0 Å². The molecule has 0 amide bonds. The summed E-state index contributed by atoms with van der Waals surface area (Å²) in [5.74, 6) is 0. The summed E-state index contributed by atoms with van der Waals surface area (Å²) >= 11 is 0. The van der Waals surface area contributed by atoms with Crippen molar-refractivity contribution in [2.75, 3.05) is 26.7 Å². The third kappa shape index (κ3) is 3.43. The Hall–Kier alpha value is -0.340.